The molecule has 0 radical (unpaired) electrons. The monoisotopic (exact) mass is 448 g/mol. The summed E-state index contributed by atoms with van der Waals surface area (Å²) in [6.07, 6.45) is 0.181. The molecular weight excluding hydrogens is 431 g/mol. The van der Waals surface area contributed by atoms with Gasteiger partial charge in [0.25, 0.3) is 0 Å². The molecule has 8 heteroatoms. The van der Waals surface area contributed by atoms with Crippen LogP contribution in [-0.2, 0) is 21.2 Å². The standard InChI is InChI=1S/C21H18Cl2N2O3S/c22-18-12-11-16(14-19(18)23)24-21(26)20(13-15-7-3-1-4-8-15)25-29(27,28)17-9-5-2-6-10-17/h1-12,14,20,25H,13H2,(H,24,26)/t20-/m0/s1. The van der Waals surface area contributed by atoms with E-state index < -0.39 is 22.0 Å². The Morgan fingerprint density at radius 2 is 1.48 bits per heavy atom. The molecule has 0 aliphatic heterocycles. The maximum absolute atomic E-state index is 12.9. The first kappa shape index (κ1) is 21.3. The van der Waals surface area contributed by atoms with Crippen molar-refractivity contribution in [2.45, 2.75) is 17.4 Å². The number of carbonyl (C=O) groups excluding carboxylic acids is 1. The Balaban J connectivity index is 1.85. The van der Waals surface area contributed by atoms with Crippen LogP contribution < -0.4 is 10.0 Å². The van der Waals surface area contributed by atoms with Crippen LogP contribution in [-0.4, -0.2) is 20.4 Å². The van der Waals surface area contributed by atoms with Crippen molar-refractivity contribution in [1.82, 2.24) is 4.72 Å². The zero-order valence-corrected chi connectivity index (χ0v) is 17.5. The van der Waals surface area contributed by atoms with Gasteiger partial charge in [0.2, 0.25) is 15.9 Å². The predicted molar refractivity (Wildman–Crippen MR) is 116 cm³/mol. The number of anilines is 1. The van der Waals surface area contributed by atoms with E-state index in [0.29, 0.717) is 10.7 Å². The molecule has 3 aromatic rings. The minimum Gasteiger partial charge on any atom is -0.325 e. The fraction of sp³-hybridized carbons (Fsp3) is 0.0952. The summed E-state index contributed by atoms with van der Waals surface area (Å²) < 4.78 is 28.0. The van der Waals surface area contributed by atoms with E-state index in [1.165, 1.54) is 18.2 Å². The zero-order valence-electron chi connectivity index (χ0n) is 15.2. The molecule has 0 heterocycles. The van der Waals surface area contributed by atoms with Crippen LogP contribution in [0.25, 0.3) is 0 Å². The number of hydrogen-bond acceptors (Lipinski definition) is 3. The summed E-state index contributed by atoms with van der Waals surface area (Å²) in [6, 6.07) is 20.7. The third kappa shape index (κ3) is 5.81. The summed E-state index contributed by atoms with van der Waals surface area (Å²) in [7, 11) is -3.89. The highest BCUT2D eigenvalue weighted by molar-refractivity contribution is 7.89. The molecule has 150 valence electrons. The first-order chi connectivity index (χ1) is 13.8. The van der Waals surface area contributed by atoms with E-state index in [4.69, 9.17) is 23.2 Å². The lowest BCUT2D eigenvalue weighted by Crippen LogP contribution is -2.45. The average Bonchev–Trinajstić information content (AvgIpc) is 2.71. The lowest BCUT2D eigenvalue weighted by Gasteiger charge is -2.19. The summed E-state index contributed by atoms with van der Waals surface area (Å²) in [5, 5.41) is 3.34. The minimum absolute atomic E-state index is 0.0837. The number of benzene rings is 3. The summed E-state index contributed by atoms with van der Waals surface area (Å²) >= 11 is 11.9. The fourth-order valence-electron chi connectivity index (χ4n) is 2.70. The van der Waals surface area contributed by atoms with Gasteiger partial charge in [-0.1, -0.05) is 71.7 Å². The fourth-order valence-corrected chi connectivity index (χ4v) is 4.21. The SMILES string of the molecule is O=C(Nc1ccc(Cl)c(Cl)c1)[C@H](Cc1ccccc1)NS(=O)(=O)c1ccccc1. The third-order valence-corrected chi connectivity index (χ3v) is 6.36. The molecule has 0 unspecified atom stereocenters. The molecule has 29 heavy (non-hydrogen) atoms. The highest BCUT2D eigenvalue weighted by Crippen LogP contribution is 2.25. The molecule has 3 rings (SSSR count). The minimum atomic E-state index is -3.89. The zero-order chi connectivity index (χ0) is 20.9. The molecular formula is C21H18Cl2N2O3S. The molecule has 0 saturated carbocycles. The number of carbonyl (C=O) groups is 1. The van der Waals surface area contributed by atoms with Crippen LogP contribution in [0.15, 0.2) is 83.8 Å². The van der Waals surface area contributed by atoms with E-state index in [1.807, 2.05) is 30.3 Å². The molecule has 0 spiro atoms. The van der Waals surface area contributed by atoms with Gasteiger partial charge in [0.1, 0.15) is 6.04 Å². The number of amides is 1. The van der Waals surface area contributed by atoms with Gasteiger partial charge in [-0.3, -0.25) is 4.79 Å². The van der Waals surface area contributed by atoms with Gasteiger partial charge in [-0.05, 0) is 42.3 Å². The second-order valence-electron chi connectivity index (χ2n) is 6.29. The normalized spacial score (nSPS) is 12.3. The van der Waals surface area contributed by atoms with Crippen LogP contribution in [0.5, 0.6) is 0 Å². The Morgan fingerprint density at radius 1 is 0.862 bits per heavy atom. The van der Waals surface area contributed by atoms with Crippen molar-refractivity contribution in [2.75, 3.05) is 5.32 Å². The molecule has 0 aliphatic carbocycles. The molecule has 0 saturated heterocycles. The van der Waals surface area contributed by atoms with E-state index in [0.717, 1.165) is 5.56 Å². The Hall–Kier alpha value is -2.38. The smallest absolute Gasteiger partial charge is 0.242 e. The van der Waals surface area contributed by atoms with E-state index in [9.17, 15) is 13.2 Å². The summed E-state index contributed by atoms with van der Waals surface area (Å²) in [5.74, 6) is -0.508. The average molecular weight is 449 g/mol. The van der Waals surface area contributed by atoms with Crippen LogP contribution in [0.1, 0.15) is 5.56 Å². The highest BCUT2D eigenvalue weighted by atomic mass is 35.5. The van der Waals surface area contributed by atoms with Crippen LogP contribution in [0.2, 0.25) is 10.0 Å². The predicted octanol–water partition coefficient (Wildman–Crippen LogP) is 4.52. The van der Waals surface area contributed by atoms with Crippen molar-refractivity contribution in [3.05, 3.63) is 94.5 Å². The van der Waals surface area contributed by atoms with E-state index in [2.05, 4.69) is 10.0 Å². The third-order valence-electron chi connectivity index (χ3n) is 4.14. The molecule has 0 aromatic heterocycles. The lowest BCUT2D eigenvalue weighted by atomic mass is 10.1. The topological polar surface area (TPSA) is 75.3 Å². The number of rotatable bonds is 7. The molecule has 5 nitrogen and oxygen atoms in total. The summed E-state index contributed by atoms with van der Waals surface area (Å²) in [6.45, 7) is 0. The van der Waals surface area contributed by atoms with Gasteiger partial charge < -0.3 is 5.32 Å². The first-order valence-corrected chi connectivity index (χ1v) is 11.0. The molecule has 3 aromatic carbocycles. The van der Waals surface area contributed by atoms with Crippen LogP contribution in [0.3, 0.4) is 0 Å². The van der Waals surface area contributed by atoms with Gasteiger partial charge in [0, 0.05) is 5.69 Å². The van der Waals surface area contributed by atoms with Crippen molar-refractivity contribution in [1.29, 1.82) is 0 Å². The van der Waals surface area contributed by atoms with Crippen LogP contribution in [0, 0.1) is 0 Å². The molecule has 1 atom stereocenters. The lowest BCUT2D eigenvalue weighted by molar-refractivity contribution is -0.117. The Kier molecular flexibility index (Phi) is 6.92. The Bertz CT molecular complexity index is 1090. The van der Waals surface area contributed by atoms with E-state index >= 15 is 0 Å². The number of sulfonamides is 1. The van der Waals surface area contributed by atoms with Gasteiger partial charge in [0.15, 0.2) is 0 Å². The van der Waals surface area contributed by atoms with Crippen LogP contribution >= 0.6 is 23.2 Å². The van der Waals surface area contributed by atoms with Crippen LogP contribution in [0.4, 0.5) is 5.69 Å². The largest absolute Gasteiger partial charge is 0.325 e. The van der Waals surface area contributed by atoms with Crippen molar-refractivity contribution in [3.63, 3.8) is 0 Å². The highest BCUT2D eigenvalue weighted by Gasteiger charge is 2.26. The summed E-state index contributed by atoms with van der Waals surface area (Å²) in [5.41, 5.74) is 1.24. The van der Waals surface area contributed by atoms with E-state index in [1.54, 1.807) is 30.3 Å². The van der Waals surface area contributed by atoms with Crippen molar-refractivity contribution in [3.8, 4) is 0 Å². The Labute approximate surface area is 179 Å². The quantitative estimate of drug-likeness (QED) is 0.557. The maximum Gasteiger partial charge on any atom is 0.242 e. The van der Waals surface area contributed by atoms with Crippen molar-refractivity contribution in [2.24, 2.45) is 0 Å². The maximum atomic E-state index is 12.9. The molecule has 0 aliphatic rings. The molecule has 2 N–H and O–H groups in total. The number of nitrogens with one attached hydrogen (secondary N) is 2. The van der Waals surface area contributed by atoms with Gasteiger partial charge >= 0.3 is 0 Å². The second-order valence-corrected chi connectivity index (χ2v) is 8.82. The molecule has 0 bridgehead atoms. The van der Waals surface area contributed by atoms with Gasteiger partial charge in [-0.15, -0.1) is 0 Å². The van der Waals surface area contributed by atoms with Crippen molar-refractivity contribution < 1.29 is 13.2 Å². The van der Waals surface area contributed by atoms with E-state index in [-0.39, 0.29) is 16.3 Å². The van der Waals surface area contributed by atoms with Gasteiger partial charge in [0.05, 0.1) is 14.9 Å². The molecule has 1 amide bonds. The Morgan fingerprint density at radius 3 is 2.10 bits per heavy atom. The second kappa shape index (κ2) is 9.41. The van der Waals surface area contributed by atoms with Gasteiger partial charge in [-0.25, -0.2) is 8.42 Å². The summed E-state index contributed by atoms with van der Waals surface area (Å²) in [4.78, 5) is 13.0. The van der Waals surface area contributed by atoms with Crippen molar-refractivity contribution >= 4 is 44.8 Å². The number of hydrogen-bond donors (Lipinski definition) is 2. The first-order valence-electron chi connectivity index (χ1n) is 8.72. The van der Waals surface area contributed by atoms with Gasteiger partial charge in [-0.2, -0.15) is 4.72 Å². The molecule has 0 fully saturated rings. The number of halogens is 2.